The summed E-state index contributed by atoms with van der Waals surface area (Å²) in [5.41, 5.74) is 1.97. The minimum Gasteiger partial charge on any atom is -0.504 e. The number of methoxy groups -OCH3 is 2. The molecular weight excluding hydrogens is 345 g/mol. The van der Waals surface area contributed by atoms with Crippen LogP contribution in [0, 0.1) is 0 Å². The van der Waals surface area contributed by atoms with E-state index in [2.05, 4.69) is 31.0 Å². The zero-order chi connectivity index (χ0) is 19.2. The van der Waals surface area contributed by atoms with Crippen LogP contribution in [-0.4, -0.2) is 32.6 Å². The van der Waals surface area contributed by atoms with Crippen LogP contribution in [0.1, 0.15) is 37.8 Å². The Morgan fingerprint density at radius 1 is 1.19 bits per heavy atom. The summed E-state index contributed by atoms with van der Waals surface area (Å²) >= 11 is 0. The number of aliphatic imine (C=N–C) groups is 1. The van der Waals surface area contributed by atoms with Gasteiger partial charge in [0.25, 0.3) is 0 Å². The average Bonchev–Trinajstić information content (AvgIpc) is 2.64. The number of nitrogens with zero attached hydrogens (tertiary/aromatic N) is 1. The number of rotatable bonds is 8. The molecule has 5 heteroatoms. The number of benzene rings is 2. The third kappa shape index (κ3) is 4.37. The van der Waals surface area contributed by atoms with Crippen LogP contribution in [0.4, 0.5) is 0 Å². The molecule has 2 atom stereocenters. The predicted octanol–water partition coefficient (Wildman–Crippen LogP) is 4.48. The molecule has 26 heavy (non-hydrogen) atoms. The van der Waals surface area contributed by atoms with E-state index in [1.807, 2.05) is 24.4 Å². The number of hydrogen-bond donors (Lipinski definition) is 1. The zero-order valence-corrected chi connectivity index (χ0v) is 17.2. The lowest BCUT2D eigenvalue weighted by Gasteiger charge is -2.32. The maximum absolute atomic E-state index is 10.8. The van der Waals surface area contributed by atoms with Crippen molar-refractivity contribution in [3.05, 3.63) is 47.5 Å². The summed E-state index contributed by atoms with van der Waals surface area (Å²) in [5, 5.41) is 11.8. The Balaban J connectivity index is 2.57. The van der Waals surface area contributed by atoms with E-state index in [4.69, 9.17) is 9.47 Å². The van der Waals surface area contributed by atoms with Gasteiger partial charge in [-0.1, -0.05) is 53.1 Å². The molecule has 0 saturated heterocycles. The number of aromatic hydroxyl groups is 1. The van der Waals surface area contributed by atoms with Crippen LogP contribution < -0.4 is 14.8 Å². The van der Waals surface area contributed by atoms with Crippen LogP contribution >= 0.6 is 8.58 Å². The summed E-state index contributed by atoms with van der Waals surface area (Å²) in [7, 11) is 5.44. The van der Waals surface area contributed by atoms with E-state index in [0.29, 0.717) is 20.1 Å². The van der Waals surface area contributed by atoms with E-state index < -0.39 is 0 Å². The molecule has 0 saturated carbocycles. The topological polar surface area (TPSA) is 51.0 Å². The maximum atomic E-state index is 10.8. The molecule has 0 amide bonds. The highest BCUT2D eigenvalue weighted by Gasteiger charge is 2.32. The van der Waals surface area contributed by atoms with Gasteiger partial charge in [-0.2, -0.15) is 0 Å². The third-order valence-electron chi connectivity index (χ3n) is 4.49. The van der Waals surface area contributed by atoms with E-state index in [1.165, 1.54) is 5.30 Å². The first-order valence-electron chi connectivity index (χ1n) is 8.74. The zero-order valence-electron chi connectivity index (χ0n) is 16.2. The lowest BCUT2D eigenvalue weighted by molar-refractivity contribution is 0.357. The molecule has 0 spiro atoms. The SMILES string of the molecule is CCCC(C)(Pc1ccccc1C=NC)c1cc(OC)cc(OC)c1O. The highest BCUT2D eigenvalue weighted by molar-refractivity contribution is 7.48. The molecule has 0 aliphatic heterocycles. The molecule has 140 valence electrons. The van der Waals surface area contributed by atoms with Gasteiger partial charge in [0.2, 0.25) is 0 Å². The first-order chi connectivity index (χ1) is 12.5. The van der Waals surface area contributed by atoms with Crippen LogP contribution in [0.2, 0.25) is 0 Å². The Morgan fingerprint density at radius 2 is 1.92 bits per heavy atom. The Kier molecular flexibility index (Phi) is 7.05. The molecule has 0 radical (unpaired) electrons. The summed E-state index contributed by atoms with van der Waals surface area (Å²) in [6, 6.07) is 11.9. The molecule has 0 aromatic heterocycles. The summed E-state index contributed by atoms with van der Waals surface area (Å²) < 4.78 is 10.8. The molecule has 1 N–H and O–H groups in total. The van der Waals surface area contributed by atoms with Crippen molar-refractivity contribution >= 4 is 20.1 Å². The van der Waals surface area contributed by atoms with Gasteiger partial charge in [0.1, 0.15) is 5.75 Å². The molecule has 0 fully saturated rings. The largest absolute Gasteiger partial charge is 0.504 e. The van der Waals surface area contributed by atoms with E-state index in [9.17, 15) is 5.11 Å². The summed E-state index contributed by atoms with van der Waals surface area (Å²) in [5.74, 6) is 1.32. The van der Waals surface area contributed by atoms with Crippen molar-refractivity contribution in [1.29, 1.82) is 0 Å². The minimum absolute atomic E-state index is 0.193. The lowest BCUT2D eigenvalue weighted by atomic mass is 9.93. The van der Waals surface area contributed by atoms with Crippen LogP contribution in [0.15, 0.2) is 41.4 Å². The normalized spacial score (nSPS) is 14.0. The fourth-order valence-corrected chi connectivity index (χ4v) is 4.97. The lowest BCUT2D eigenvalue weighted by Crippen LogP contribution is -2.21. The molecule has 4 nitrogen and oxygen atoms in total. The first kappa shape index (κ1) is 20.3. The van der Waals surface area contributed by atoms with Gasteiger partial charge >= 0.3 is 0 Å². The van der Waals surface area contributed by atoms with Gasteiger partial charge in [-0.3, -0.25) is 4.99 Å². The highest BCUT2D eigenvalue weighted by atomic mass is 31.1. The van der Waals surface area contributed by atoms with Gasteiger partial charge in [-0.05, 0) is 23.4 Å². The summed E-state index contributed by atoms with van der Waals surface area (Å²) in [6.45, 7) is 4.36. The Hall–Kier alpha value is -2.06. The molecule has 0 aliphatic rings. The van der Waals surface area contributed by atoms with Gasteiger partial charge in [0.15, 0.2) is 11.5 Å². The predicted molar refractivity (Wildman–Crippen MR) is 111 cm³/mol. The third-order valence-corrected chi connectivity index (χ3v) is 6.28. The molecule has 0 bridgehead atoms. The van der Waals surface area contributed by atoms with E-state index in [-0.39, 0.29) is 10.9 Å². The van der Waals surface area contributed by atoms with Crippen molar-refractivity contribution in [2.24, 2.45) is 4.99 Å². The van der Waals surface area contributed by atoms with E-state index in [0.717, 1.165) is 24.0 Å². The van der Waals surface area contributed by atoms with Crippen molar-refractivity contribution in [3.8, 4) is 17.2 Å². The maximum Gasteiger partial charge on any atom is 0.164 e. The monoisotopic (exact) mass is 373 g/mol. The van der Waals surface area contributed by atoms with E-state index in [1.54, 1.807) is 27.3 Å². The second kappa shape index (κ2) is 9.05. The summed E-state index contributed by atoms with van der Waals surface area (Å²) in [6.07, 6.45) is 3.83. The van der Waals surface area contributed by atoms with Crippen LogP contribution in [0.3, 0.4) is 0 Å². The smallest absolute Gasteiger partial charge is 0.164 e. The van der Waals surface area contributed by atoms with Crippen molar-refractivity contribution in [2.75, 3.05) is 21.3 Å². The molecular formula is C21H28NO3P. The fraction of sp³-hybridized carbons (Fsp3) is 0.381. The van der Waals surface area contributed by atoms with Crippen molar-refractivity contribution in [2.45, 2.75) is 31.8 Å². The van der Waals surface area contributed by atoms with Crippen molar-refractivity contribution in [3.63, 3.8) is 0 Å². The second-order valence-electron chi connectivity index (χ2n) is 6.41. The van der Waals surface area contributed by atoms with Gasteiger partial charge in [-0.15, -0.1) is 0 Å². The van der Waals surface area contributed by atoms with Gasteiger partial charge in [0.05, 0.1) is 14.2 Å². The molecule has 2 rings (SSSR count). The van der Waals surface area contributed by atoms with Crippen molar-refractivity contribution in [1.82, 2.24) is 0 Å². The van der Waals surface area contributed by atoms with Crippen LogP contribution in [0.5, 0.6) is 17.2 Å². The standard InChI is InChI=1S/C21H28NO3P/c1-6-11-21(2,26-19-10-8-7-9-15(19)14-22-3)17-12-16(24-4)13-18(25-5)20(17)23/h7-10,12-14,23,26H,6,11H2,1-5H3. The first-order valence-corrected chi connectivity index (χ1v) is 9.74. The fourth-order valence-electron chi connectivity index (χ4n) is 3.20. The van der Waals surface area contributed by atoms with Gasteiger partial charge < -0.3 is 14.6 Å². The molecule has 0 aliphatic carbocycles. The van der Waals surface area contributed by atoms with Crippen LogP contribution in [-0.2, 0) is 5.16 Å². The van der Waals surface area contributed by atoms with Gasteiger partial charge in [0, 0.05) is 30.0 Å². The average molecular weight is 373 g/mol. The Bertz CT molecular complexity index is 776. The summed E-state index contributed by atoms with van der Waals surface area (Å²) in [4.78, 5) is 4.18. The van der Waals surface area contributed by atoms with Crippen LogP contribution in [0.25, 0.3) is 0 Å². The Morgan fingerprint density at radius 3 is 2.54 bits per heavy atom. The van der Waals surface area contributed by atoms with Gasteiger partial charge in [-0.25, -0.2) is 0 Å². The molecule has 2 unspecified atom stereocenters. The number of ether oxygens (including phenoxy) is 2. The minimum atomic E-state index is -0.238. The highest BCUT2D eigenvalue weighted by Crippen LogP contribution is 2.51. The van der Waals surface area contributed by atoms with E-state index >= 15 is 0 Å². The number of hydrogen-bond acceptors (Lipinski definition) is 4. The molecule has 2 aromatic rings. The molecule has 2 aromatic carbocycles. The second-order valence-corrected chi connectivity index (χ2v) is 8.30. The van der Waals surface area contributed by atoms with Crippen molar-refractivity contribution < 1.29 is 14.6 Å². The number of phenolic OH excluding ortho intramolecular Hbond substituents is 1. The quantitative estimate of drug-likeness (QED) is 0.548. The number of phenols is 1. The molecule has 0 heterocycles. The Labute approximate surface area is 158 Å².